The van der Waals surface area contributed by atoms with E-state index in [9.17, 15) is 14.4 Å². The highest BCUT2D eigenvalue weighted by Crippen LogP contribution is 2.32. The van der Waals surface area contributed by atoms with Gasteiger partial charge in [0.25, 0.3) is 5.91 Å². The van der Waals surface area contributed by atoms with Gasteiger partial charge in [-0.25, -0.2) is 4.39 Å². The number of rotatable bonds is 6. The molecule has 3 heterocycles. The fraction of sp³-hybridized carbons (Fsp3) is 0.400. The average Bonchev–Trinajstić information content (AvgIpc) is 3.21. The van der Waals surface area contributed by atoms with Crippen LogP contribution in [0.2, 0.25) is 0 Å². The Kier molecular flexibility index (Phi) is 5.33. The van der Waals surface area contributed by atoms with Gasteiger partial charge in [0.2, 0.25) is 11.8 Å². The standard InChI is InChI=1S/C25H27FN4O4/c26-23-16(3-1-4-17(23)14-29-9-11-34-12-10-29)13-27-20-6-2-5-18-19(20)15-30(25(18)33)21-7-8-22(31)28-24(21)32/h1-6,21,27H,7-15H2,(H,28,31,32)/i13D2,21D. The third kappa shape index (κ3) is 4.41. The van der Waals surface area contributed by atoms with Crippen molar-refractivity contribution in [3.63, 3.8) is 0 Å². The quantitative estimate of drug-likeness (QED) is 0.630. The van der Waals surface area contributed by atoms with Crippen molar-refractivity contribution in [1.29, 1.82) is 0 Å². The van der Waals surface area contributed by atoms with Gasteiger partial charge in [-0.05, 0) is 18.6 Å². The van der Waals surface area contributed by atoms with Gasteiger partial charge in [0.1, 0.15) is 11.8 Å². The maximum Gasteiger partial charge on any atom is 0.255 e. The second kappa shape index (κ2) is 9.52. The fourth-order valence-corrected chi connectivity index (χ4v) is 4.47. The zero-order valence-electron chi connectivity index (χ0n) is 21.5. The van der Waals surface area contributed by atoms with Gasteiger partial charge >= 0.3 is 0 Å². The van der Waals surface area contributed by atoms with Crippen LogP contribution in [0.15, 0.2) is 36.4 Å². The van der Waals surface area contributed by atoms with Crippen LogP contribution in [0.1, 0.15) is 44.0 Å². The van der Waals surface area contributed by atoms with Crippen molar-refractivity contribution >= 4 is 23.4 Å². The Morgan fingerprint density at radius 3 is 2.71 bits per heavy atom. The summed E-state index contributed by atoms with van der Waals surface area (Å²) in [4.78, 5) is 40.3. The van der Waals surface area contributed by atoms with Gasteiger partial charge in [-0.2, -0.15) is 0 Å². The first-order chi connectivity index (χ1) is 17.6. The Balaban J connectivity index is 1.40. The van der Waals surface area contributed by atoms with E-state index < -0.39 is 36.1 Å². The summed E-state index contributed by atoms with van der Waals surface area (Å²) in [5.74, 6) is -2.57. The minimum absolute atomic E-state index is 0.0664. The molecule has 0 aliphatic carbocycles. The number of amides is 3. The summed E-state index contributed by atoms with van der Waals surface area (Å²) in [6.45, 7) is 0.339. The first-order valence-electron chi connectivity index (χ1n) is 12.7. The number of benzene rings is 2. The van der Waals surface area contributed by atoms with Crippen molar-refractivity contribution in [1.82, 2.24) is 15.1 Å². The van der Waals surface area contributed by atoms with Crippen molar-refractivity contribution in [3.05, 3.63) is 64.5 Å². The number of hydrogen-bond acceptors (Lipinski definition) is 6. The molecule has 0 aromatic heterocycles. The summed E-state index contributed by atoms with van der Waals surface area (Å²) in [5.41, 5.74) is 1.08. The van der Waals surface area contributed by atoms with E-state index in [1.807, 2.05) is 4.90 Å². The minimum atomic E-state index is -2.33. The molecule has 0 spiro atoms. The summed E-state index contributed by atoms with van der Waals surface area (Å²) in [7, 11) is 0. The Labute approximate surface area is 201 Å². The van der Waals surface area contributed by atoms with E-state index in [1.54, 1.807) is 24.3 Å². The number of nitrogens with zero attached hydrogens (tertiary/aromatic N) is 2. The van der Waals surface area contributed by atoms with Crippen LogP contribution >= 0.6 is 0 Å². The second-order valence-corrected chi connectivity index (χ2v) is 8.46. The average molecular weight is 470 g/mol. The maximum atomic E-state index is 15.5. The Bertz CT molecular complexity index is 1270. The number of piperidine rings is 1. The molecule has 2 N–H and O–H groups in total. The topological polar surface area (TPSA) is 91.0 Å². The summed E-state index contributed by atoms with van der Waals surface area (Å²) < 4.78 is 46.8. The molecule has 8 nitrogen and oxygen atoms in total. The molecular formula is C25H27FN4O4. The summed E-state index contributed by atoms with van der Waals surface area (Å²) in [6.07, 6.45) is -0.203. The predicted octanol–water partition coefficient (Wildman–Crippen LogP) is 2.03. The van der Waals surface area contributed by atoms with Gasteiger partial charge in [-0.15, -0.1) is 0 Å². The van der Waals surface area contributed by atoms with Crippen LogP contribution in [-0.2, 0) is 33.9 Å². The molecule has 3 aliphatic rings. The van der Waals surface area contributed by atoms with E-state index in [-0.39, 0.29) is 36.2 Å². The molecule has 2 aromatic rings. The van der Waals surface area contributed by atoms with E-state index in [0.717, 1.165) is 4.90 Å². The molecule has 0 bridgehead atoms. The number of hydrogen-bond donors (Lipinski definition) is 2. The number of nitrogens with one attached hydrogen (secondary N) is 2. The van der Waals surface area contributed by atoms with E-state index in [1.165, 1.54) is 12.1 Å². The molecule has 0 radical (unpaired) electrons. The van der Waals surface area contributed by atoms with Crippen LogP contribution in [0, 0.1) is 5.82 Å². The molecule has 2 fully saturated rings. The molecule has 3 aliphatic heterocycles. The van der Waals surface area contributed by atoms with E-state index in [4.69, 9.17) is 8.85 Å². The van der Waals surface area contributed by atoms with Crippen LogP contribution in [0.4, 0.5) is 10.1 Å². The normalized spacial score (nSPS) is 24.8. The Morgan fingerprint density at radius 2 is 1.91 bits per heavy atom. The summed E-state index contributed by atoms with van der Waals surface area (Å²) in [5, 5.41) is 4.87. The molecule has 1 atom stereocenters. The number of carbonyl (C=O) groups is 3. The predicted molar refractivity (Wildman–Crippen MR) is 122 cm³/mol. The maximum absolute atomic E-state index is 15.5. The summed E-state index contributed by atoms with van der Waals surface area (Å²) >= 11 is 0. The number of carbonyl (C=O) groups excluding carboxylic acids is 3. The zero-order chi connectivity index (χ0) is 26.4. The molecule has 1 unspecified atom stereocenters. The number of ether oxygens (including phenoxy) is 1. The van der Waals surface area contributed by atoms with Crippen LogP contribution in [0.25, 0.3) is 0 Å². The smallest absolute Gasteiger partial charge is 0.255 e. The SMILES string of the molecule is [2H]C([2H])(Nc1cccc2c1CN(C1([2H])CCC(=O)NC1=O)C2=O)c1cccc(CN2CCOCC2)c1F. The van der Waals surface area contributed by atoms with E-state index in [0.29, 0.717) is 44.0 Å². The highest BCUT2D eigenvalue weighted by molar-refractivity contribution is 6.06. The van der Waals surface area contributed by atoms with E-state index in [2.05, 4.69) is 10.6 Å². The first-order valence-corrected chi connectivity index (χ1v) is 11.2. The van der Waals surface area contributed by atoms with Crippen molar-refractivity contribution in [2.75, 3.05) is 31.6 Å². The summed E-state index contributed by atoms with van der Waals surface area (Å²) in [6, 6.07) is 7.34. The van der Waals surface area contributed by atoms with Crippen LogP contribution in [-0.4, -0.2) is 59.8 Å². The van der Waals surface area contributed by atoms with Gasteiger partial charge in [-0.1, -0.05) is 24.3 Å². The Morgan fingerprint density at radius 1 is 1.15 bits per heavy atom. The molecule has 5 rings (SSSR count). The first kappa shape index (κ1) is 19.1. The lowest BCUT2D eigenvalue weighted by molar-refractivity contribution is -0.136. The number of halogens is 1. The third-order valence-corrected chi connectivity index (χ3v) is 6.31. The number of anilines is 1. The van der Waals surface area contributed by atoms with Gasteiger partial charge in [0, 0.05) is 67.0 Å². The lowest BCUT2D eigenvalue weighted by Crippen LogP contribution is -2.52. The van der Waals surface area contributed by atoms with Gasteiger partial charge < -0.3 is 15.0 Å². The van der Waals surface area contributed by atoms with Crippen LogP contribution in [0.5, 0.6) is 0 Å². The lowest BCUT2D eigenvalue weighted by atomic mass is 10.0. The molecule has 3 amide bonds. The highest BCUT2D eigenvalue weighted by Gasteiger charge is 2.39. The monoisotopic (exact) mass is 469 g/mol. The fourth-order valence-electron chi connectivity index (χ4n) is 4.47. The van der Waals surface area contributed by atoms with Crippen molar-refractivity contribution in [3.8, 4) is 0 Å². The minimum Gasteiger partial charge on any atom is -0.381 e. The van der Waals surface area contributed by atoms with Gasteiger partial charge in [-0.3, -0.25) is 24.6 Å². The Hall–Kier alpha value is -3.30. The number of morpholine rings is 1. The zero-order valence-corrected chi connectivity index (χ0v) is 18.5. The third-order valence-electron chi connectivity index (χ3n) is 6.31. The molecule has 2 aromatic carbocycles. The highest BCUT2D eigenvalue weighted by atomic mass is 19.1. The van der Waals surface area contributed by atoms with E-state index >= 15 is 4.39 Å². The molecule has 178 valence electrons. The molecule has 0 saturated carbocycles. The van der Waals surface area contributed by atoms with Crippen molar-refractivity contribution < 1.29 is 27.6 Å². The van der Waals surface area contributed by atoms with Gasteiger partial charge in [0.05, 0.1) is 17.3 Å². The molecule has 2 saturated heterocycles. The van der Waals surface area contributed by atoms with Crippen LogP contribution in [0.3, 0.4) is 0 Å². The second-order valence-electron chi connectivity index (χ2n) is 8.46. The molecule has 34 heavy (non-hydrogen) atoms. The van der Waals surface area contributed by atoms with Crippen molar-refractivity contribution in [2.45, 2.75) is 38.4 Å². The largest absolute Gasteiger partial charge is 0.381 e. The van der Waals surface area contributed by atoms with Crippen LogP contribution < -0.4 is 10.6 Å². The molecule has 9 heteroatoms. The van der Waals surface area contributed by atoms with Gasteiger partial charge in [0.15, 0.2) is 0 Å². The number of imide groups is 1. The molecular weight excluding hydrogens is 439 g/mol. The number of fused-ring (bicyclic) bond motifs is 1. The lowest BCUT2D eigenvalue weighted by Gasteiger charge is -2.29. The van der Waals surface area contributed by atoms with Crippen molar-refractivity contribution in [2.24, 2.45) is 0 Å².